The molecule has 1 aromatic carbocycles. The van der Waals surface area contributed by atoms with Crippen LogP contribution in [-0.2, 0) is 0 Å². The van der Waals surface area contributed by atoms with Gasteiger partial charge in [0.15, 0.2) is 0 Å². The van der Waals surface area contributed by atoms with Crippen molar-refractivity contribution in [2.24, 2.45) is 5.73 Å². The lowest BCUT2D eigenvalue weighted by atomic mass is 9.92. The quantitative estimate of drug-likeness (QED) is 0.848. The minimum absolute atomic E-state index is 0.196. The summed E-state index contributed by atoms with van der Waals surface area (Å²) in [4.78, 5) is 1.99. The van der Waals surface area contributed by atoms with Crippen molar-refractivity contribution in [3.8, 4) is 0 Å². The fraction of sp³-hybridized carbons (Fsp3) is 0.571. The second kappa shape index (κ2) is 4.86. The zero-order valence-corrected chi connectivity index (χ0v) is 11.0. The lowest BCUT2D eigenvalue weighted by molar-refractivity contribution is 0.0350. The minimum atomic E-state index is -0.629. The molecule has 1 fully saturated rings. The van der Waals surface area contributed by atoms with Crippen LogP contribution in [0.15, 0.2) is 18.2 Å². The number of piperidine rings is 1. The normalized spacial score (nSPS) is 20.8. The Hall–Kier alpha value is -1.13. The lowest BCUT2D eigenvalue weighted by Gasteiger charge is -2.38. The average Bonchev–Trinajstić information content (AvgIpc) is 2.29. The van der Waals surface area contributed by atoms with Crippen LogP contribution in [0.1, 0.15) is 38.3 Å². The maximum Gasteiger partial charge on any atom is 0.146 e. The van der Waals surface area contributed by atoms with Crippen molar-refractivity contribution < 1.29 is 9.50 Å². The zero-order chi connectivity index (χ0) is 13.3. The third kappa shape index (κ3) is 2.65. The second-order valence-corrected chi connectivity index (χ2v) is 5.45. The first-order valence-corrected chi connectivity index (χ1v) is 6.42. The Morgan fingerprint density at radius 2 is 2.00 bits per heavy atom. The first kappa shape index (κ1) is 13.3. The van der Waals surface area contributed by atoms with Gasteiger partial charge >= 0.3 is 0 Å². The molecule has 1 saturated heterocycles. The maximum absolute atomic E-state index is 14.0. The summed E-state index contributed by atoms with van der Waals surface area (Å²) < 4.78 is 14.0. The van der Waals surface area contributed by atoms with Crippen LogP contribution in [0.25, 0.3) is 0 Å². The van der Waals surface area contributed by atoms with E-state index in [1.165, 1.54) is 6.07 Å². The van der Waals surface area contributed by atoms with E-state index in [1.807, 2.05) is 24.8 Å². The summed E-state index contributed by atoms with van der Waals surface area (Å²) in [5.74, 6) is -0.230. The lowest BCUT2D eigenvalue weighted by Crippen LogP contribution is -2.43. The maximum atomic E-state index is 14.0. The topological polar surface area (TPSA) is 49.5 Å². The molecule has 1 aromatic rings. The van der Waals surface area contributed by atoms with Crippen LogP contribution in [0.3, 0.4) is 0 Å². The molecule has 0 bridgehead atoms. The molecule has 0 radical (unpaired) electrons. The molecular weight excluding hydrogens is 231 g/mol. The number of nitrogens with two attached hydrogens (primary N) is 1. The summed E-state index contributed by atoms with van der Waals surface area (Å²) in [5.41, 5.74) is 6.70. The SMILES string of the molecule is C[C@@H](N)c1cccc(F)c1N1CCC(C)(O)CC1. The first-order valence-electron chi connectivity index (χ1n) is 6.42. The van der Waals surface area contributed by atoms with Crippen molar-refractivity contribution in [2.45, 2.75) is 38.3 Å². The number of rotatable bonds is 2. The van der Waals surface area contributed by atoms with Crippen molar-refractivity contribution in [1.82, 2.24) is 0 Å². The van der Waals surface area contributed by atoms with Crippen LogP contribution < -0.4 is 10.6 Å². The van der Waals surface area contributed by atoms with Crippen LogP contribution in [0.4, 0.5) is 10.1 Å². The Morgan fingerprint density at radius 3 is 2.56 bits per heavy atom. The number of nitrogens with zero attached hydrogens (tertiary/aromatic N) is 1. The van der Waals surface area contributed by atoms with Gasteiger partial charge in [0.05, 0.1) is 11.3 Å². The van der Waals surface area contributed by atoms with Gasteiger partial charge in [0.25, 0.3) is 0 Å². The van der Waals surface area contributed by atoms with Gasteiger partial charge in [-0.25, -0.2) is 4.39 Å². The highest BCUT2D eigenvalue weighted by Gasteiger charge is 2.29. The summed E-state index contributed by atoms with van der Waals surface area (Å²) in [6, 6.07) is 4.83. The zero-order valence-electron chi connectivity index (χ0n) is 11.0. The summed E-state index contributed by atoms with van der Waals surface area (Å²) in [6.45, 7) is 5.01. The van der Waals surface area contributed by atoms with Gasteiger partial charge in [-0.3, -0.25) is 0 Å². The van der Waals surface area contributed by atoms with Gasteiger partial charge in [-0.15, -0.1) is 0 Å². The van der Waals surface area contributed by atoms with E-state index in [9.17, 15) is 9.50 Å². The summed E-state index contributed by atoms with van der Waals surface area (Å²) in [6.07, 6.45) is 1.31. The third-order valence-corrected chi connectivity index (χ3v) is 3.67. The van der Waals surface area contributed by atoms with E-state index in [0.717, 1.165) is 5.56 Å². The molecule has 100 valence electrons. The molecule has 1 aliphatic rings. The molecule has 0 spiro atoms. The van der Waals surface area contributed by atoms with Gasteiger partial charge in [0.2, 0.25) is 0 Å². The standard InChI is InChI=1S/C14H21FN2O/c1-10(16)11-4-3-5-12(15)13(11)17-8-6-14(2,18)7-9-17/h3-5,10,18H,6-9,16H2,1-2H3/t10-/m1/s1. The predicted octanol–water partition coefficient (Wildman–Crippen LogP) is 2.20. The second-order valence-electron chi connectivity index (χ2n) is 5.45. The predicted molar refractivity (Wildman–Crippen MR) is 71.1 cm³/mol. The number of hydrogen-bond acceptors (Lipinski definition) is 3. The Morgan fingerprint density at radius 1 is 1.39 bits per heavy atom. The Bertz CT molecular complexity index is 422. The van der Waals surface area contributed by atoms with E-state index in [1.54, 1.807) is 6.07 Å². The van der Waals surface area contributed by atoms with Crippen LogP contribution in [0.2, 0.25) is 0 Å². The van der Waals surface area contributed by atoms with E-state index in [0.29, 0.717) is 31.6 Å². The molecule has 1 atom stereocenters. The molecule has 0 aromatic heterocycles. The highest BCUT2D eigenvalue weighted by molar-refractivity contribution is 5.56. The number of aliphatic hydroxyl groups is 1. The fourth-order valence-corrected chi connectivity index (χ4v) is 2.45. The molecular formula is C14H21FN2O. The molecule has 0 aliphatic carbocycles. The number of halogens is 1. The Kier molecular flexibility index (Phi) is 3.59. The Labute approximate surface area is 107 Å². The van der Waals surface area contributed by atoms with Gasteiger partial charge in [0.1, 0.15) is 5.82 Å². The fourth-order valence-electron chi connectivity index (χ4n) is 2.45. The summed E-state index contributed by atoms with van der Waals surface area (Å²) in [5, 5.41) is 9.94. The monoisotopic (exact) mass is 252 g/mol. The number of para-hydroxylation sites is 1. The van der Waals surface area contributed by atoms with Crippen LogP contribution in [-0.4, -0.2) is 23.8 Å². The first-order chi connectivity index (χ1) is 8.41. The molecule has 0 amide bonds. The van der Waals surface area contributed by atoms with Gasteiger partial charge < -0.3 is 15.7 Å². The number of benzene rings is 1. The molecule has 4 heteroatoms. The van der Waals surface area contributed by atoms with Gasteiger partial charge in [-0.05, 0) is 38.3 Å². The van der Waals surface area contributed by atoms with E-state index < -0.39 is 5.60 Å². The molecule has 2 rings (SSSR count). The average molecular weight is 252 g/mol. The van der Waals surface area contributed by atoms with Crippen LogP contribution in [0.5, 0.6) is 0 Å². The van der Waals surface area contributed by atoms with Crippen molar-refractivity contribution >= 4 is 5.69 Å². The Balaban J connectivity index is 2.28. The van der Waals surface area contributed by atoms with E-state index in [2.05, 4.69) is 0 Å². The van der Waals surface area contributed by atoms with Crippen LogP contribution >= 0.6 is 0 Å². The van der Waals surface area contributed by atoms with Crippen molar-refractivity contribution in [1.29, 1.82) is 0 Å². The molecule has 3 N–H and O–H groups in total. The number of hydrogen-bond donors (Lipinski definition) is 2. The van der Waals surface area contributed by atoms with Crippen molar-refractivity contribution in [2.75, 3.05) is 18.0 Å². The molecule has 1 heterocycles. The van der Waals surface area contributed by atoms with Crippen molar-refractivity contribution in [3.05, 3.63) is 29.6 Å². The largest absolute Gasteiger partial charge is 0.390 e. The molecule has 18 heavy (non-hydrogen) atoms. The van der Waals surface area contributed by atoms with Gasteiger partial charge in [0, 0.05) is 19.1 Å². The molecule has 0 saturated carbocycles. The van der Waals surface area contributed by atoms with E-state index in [-0.39, 0.29) is 11.9 Å². The number of anilines is 1. The molecule has 3 nitrogen and oxygen atoms in total. The molecule has 1 aliphatic heterocycles. The van der Waals surface area contributed by atoms with Gasteiger partial charge in [-0.1, -0.05) is 12.1 Å². The third-order valence-electron chi connectivity index (χ3n) is 3.67. The summed E-state index contributed by atoms with van der Waals surface area (Å²) >= 11 is 0. The highest BCUT2D eigenvalue weighted by atomic mass is 19.1. The van der Waals surface area contributed by atoms with Gasteiger partial charge in [-0.2, -0.15) is 0 Å². The van der Waals surface area contributed by atoms with E-state index in [4.69, 9.17) is 5.73 Å². The molecule has 0 unspecified atom stereocenters. The van der Waals surface area contributed by atoms with Crippen LogP contribution in [0, 0.1) is 5.82 Å². The van der Waals surface area contributed by atoms with Crippen molar-refractivity contribution in [3.63, 3.8) is 0 Å². The highest BCUT2D eigenvalue weighted by Crippen LogP contribution is 2.32. The smallest absolute Gasteiger partial charge is 0.146 e. The van der Waals surface area contributed by atoms with E-state index >= 15 is 0 Å². The minimum Gasteiger partial charge on any atom is -0.390 e. The summed E-state index contributed by atoms with van der Waals surface area (Å²) in [7, 11) is 0.